The Bertz CT molecular complexity index is 929. The molecule has 0 aromatic heterocycles. The van der Waals surface area contributed by atoms with Gasteiger partial charge in [-0.2, -0.15) is 0 Å². The van der Waals surface area contributed by atoms with Crippen LogP contribution in [0.4, 0.5) is 5.69 Å². The zero-order valence-corrected chi connectivity index (χ0v) is 18.5. The van der Waals surface area contributed by atoms with Gasteiger partial charge in [-0.3, -0.25) is 9.10 Å². The number of anilines is 1. The highest BCUT2D eigenvalue weighted by atomic mass is 32.2. The van der Waals surface area contributed by atoms with E-state index in [0.29, 0.717) is 18.5 Å². The number of hydrogen-bond acceptors (Lipinski definition) is 4. The highest BCUT2D eigenvalue weighted by Gasteiger charge is 2.32. The van der Waals surface area contributed by atoms with Crippen molar-refractivity contribution in [3.63, 3.8) is 0 Å². The second-order valence-electron chi connectivity index (χ2n) is 7.02. The third kappa shape index (κ3) is 5.50. The highest BCUT2D eigenvalue weighted by Crippen LogP contribution is 2.26. The number of benzene rings is 2. The summed E-state index contributed by atoms with van der Waals surface area (Å²) in [7, 11) is -2.02. The van der Waals surface area contributed by atoms with Crippen molar-refractivity contribution in [3.05, 3.63) is 59.7 Å². The number of sulfonamides is 1. The number of carbonyl (C=O) groups excluding carboxylic acids is 1. The van der Waals surface area contributed by atoms with Gasteiger partial charge in [-0.05, 0) is 49.1 Å². The van der Waals surface area contributed by atoms with Gasteiger partial charge in [0.05, 0.1) is 25.1 Å². The largest absolute Gasteiger partial charge is 0.496 e. The minimum atomic E-state index is -3.64. The number of nitrogens with one attached hydrogen (secondary N) is 1. The Morgan fingerprint density at radius 1 is 1.10 bits per heavy atom. The smallest absolute Gasteiger partial charge is 0.244 e. The fourth-order valence-electron chi connectivity index (χ4n) is 3.44. The average molecular weight is 419 g/mol. The number of nitrogens with zero attached hydrogens (tertiary/aromatic N) is 1. The first kappa shape index (κ1) is 22.7. The van der Waals surface area contributed by atoms with Crippen molar-refractivity contribution in [2.75, 3.05) is 17.7 Å². The van der Waals surface area contributed by atoms with E-state index in [1.165, 1.54) is 4.31 Å². The number of para-hydroxylation sites is 1. The molecule has 7 heteroatoms. The second-order valence-corrected chi connectivity index (χ2v) is 8.88. The summed E-state index contributed by atoms with van der Waals surface area (Å²) in [6.45, 7) is 5.74. The summed E-state index contributed by atoms with van der Waals surface area (Å²) in [5.41, 5.74) is 2.41. The van der Waals surface area contributed by atoms with Crippen LogP contribution in [0.15, 0.2) is 48.5 Å². The molecule has 1 amide bonds. The van der Waals surface area contributed by atoms with Crippen molar-refractivity contribution in [2.24, 2.45) is 0 Å². The molecule has 0 saturated carbocycles. The molecule has 0 heterocycles. The molecule has 2 aromatic carbocycles. The molecule has 2 aromatic rings. The van der Waals surface area contributed by atoms with E-state index in [1.807, 2.05) is 45.0 Å². The SMILES string of the molecule is CC[C@H](NC(=O)[C@@H](CC)N(c1ccccc1)S(C)(=O)=O)c1ccc(OC)c(C)c1. The van der Waals surface area contributed by atoms with Crippen LogP contribution in [0.25, 0.3) is 0 Å². The predicted octanol–water partition coefficient (Wildman–Crippen LogP) is 3.82. The molecule has 0 spiro atoms. The molecule has 158 valence electrons. The van der Waals surface area contributed by atoms with Gasteiger partial charge >= 0.3 is 0 Å². The van der Waals surface area contributed by atoms with Crippen molar-refractivity contribution in [3.8, 4) is 5.75 Å². The quantitative estimate of drug-likeness (QED) is 0.672. The Balaban J connectivity index is 2.32. The van der Waals surface area contributed by atoms with Crippen LogP contribution in [-0.2, 0) is 14.8 Å². The van der Waals surface area contributed by atoms with E-state index in [4.69, 9.17) is 4.74 Å². The molecular formula is C22H30N2O4S. The van der Waals surface area contributed by atoms with Gasteiger partial charge < -0.3 is 10.1 Å². The zero-order chi connectivity index (χ0) is 21.6. The number of amides is 1. The third-order valence-electron chi connectivity index (χ3n) is 4.89. The second kappa shape index (κ2) is 9.78. The van der Waals surface area contributed by atoms with Crippen LogP contribution in [0, 0.1) is 6.92 Å². The molecule has 2 atom stereocenters. The first-order chi connectivity index (χ1) is 13.7. The van der Waals surface area contributed by atoms with Gasteiger partial charge in [-0.25, -0.2) is 8.42 Å². The maximum atomic E-state index is 13.1. The van der Waals surface area contributed by atoms with Crippen molar-refractivity contribution in [1.29, 1.82) is 0 Å². The summed E-state index contributed by atoms with van der Waals surface area (Å²) in [5, 5.41) is 3.04. The van der Waals surface area contributed by atoms with Gasteiger partial charge in [-0.1, -0.05) is 44.2 Å². The summed E-state index contributed by atoms with van der Waals surface area (Å²) in [4.78, 5) is 13.1. The molecule has 0 unspecified atom stereocenters. The summed E-state index contributed by atoms with van der Waals surface area (Å²) in [6.07, 6.45) is 2.16. The molecule has 0 radical (unpaired) electrons. The Morgan fingerprint density at radius 3 is 2.24 bits per heavy atom. The average Bonchev–Trinajstić information content (AvgIpc) is 2.69. The van der Waals surface area contributed by atoms with Crippen LogP contribution >= 0.6 is 0 Å². The Hall–Kier alpha value is -2.54. The Labute approximate surface area is 173 Å². The van der Waals surface area contributed by atoms with Crippen molar-refractivity contribution >= 4 is 21.6 Å². The third-order valence-corrected chi connectivity index (χ3v) is 6.07. The molecule has 29 heavy (non-hydrogen) atoms. The topological polar surface area (TPSA) is 75.7 Å². The lowest BCUT2D eigenvalue weighted by atomic mass is 10.0. The molecule has 0 fully saturated rings. The van der Waals surface area contributed by atoms with Crippen molar-refractivity contribution in [1.82, 2.24) is 5.32 Å². The molecule has 0 aliphatic carbocycles. The Morgan fingerprint density at radius 2 is 1.76 bits per heavy atom. The van der Waals surface area contributed by atoms with Crippen LogP contribution in [-0.4, -0.2) is 33.7 Å². The molecule has 6 nitrogen and oxygen atoms in total. The van der Waals surface area contributed by atoms with Crippen LogP contribution in [0.2, 0.25) is 0 Å². The number of carbonyl (C=O) groups is 1. The lowest BCUT2D eigenvalue weighted by Crippen LogP contribution is -2.50. The number of hydrogen-bond donors (Lipinski definition) is 1. The highest BCUT2D eigenvalue weighted by molar-refractivity contribution is 7.92. The first-order valence-corrected chi connectivity index (χ1v) is 11.6. The lowest BCUT2D eigenvalue weighted by Gasteiger charge is -2.31. The van der Waals surface area contributed by atoms with Gasteiger partial charge in [0.15, 0.2) is 0 Å². The van der Waals surface area contributed by atoms with E-state index < -0.39 is 16.1 Å². The van der Waals surface area contributed by atoms with E-state index in [0.717, 1.165) is 23.1 Å². The lowest BCUT2D eigenvalue weighted by molar-refractivity contribution is -0.123. The first-order valence-electron chi connectivity index (χ1n) is 9.72. The molecular weight excluding hydrogens is 388 g/mol. The fourth-order valence-corrected chi connectivity index (χ4v) is 4.65. The van der Waals surface area contributed by atoms with Crippen LogP contribution in [0.5, 0.6) is 5.75 Å². The molecule has 0 aliphatic heterocycles. The van der Waals surface area contributed by atoms with E-state index in [2.05, 4.69) is 5.32 Å². The molecule has 0 saturated heterocycles. The normalized spacial score (nSPS) is 13.4. The van der Waals surface area contributed by atoms with E-state index >= 15 is 0 Å². The maximum absolute atomic E-state index is 13.1. The standard InChI is InChI=1S/C22H30N2O4S/c1-6-19(17-13-14-21(28-4)16(3)15-17)23-22(25)20(7-2)24(29(5,26)27)18-11-9-8-10-12-18/h8-15,19-20H,6-7H2,1-5H3,(H,23,25)/t19-,20+/m0/s1. The monoisotopic (exact) mass is 418 g/mol. The van der Waals surface area contributed by atoms with Gasteiger partial charge in [0, 0.05) is 0 Å². The van der Waals surface area contributed by atoms with Crippen LogP contribution in [0.3, 0.4) is 0 Å². The summed E-state index contributed by atoms with van der Waals surface area (Å²) in [6, 6.07) is 13.4. The predicted molar refractivity (Wildman–Crippen MR) is 117 cm³/mol. The van der Waals surface area contributed by atoms with Gasteiger partial charge in [0.2, 0.25) is 15.9 Å². The zero-order valence-electron chi connectivity index (χ0n) is 17.7. The maximum Gasteiger partial charge on any atom is 0.244 e. The summed E-state index contributed by atoms with van der Waals surface area (Å²) in [5.74, 6) is 0.468. The van der Waals surface area contributed by atoms with Crippen LogP contribution < -0.4 is 14.4 Å². The van der Waals surface area contributed by atoms with Crippen LogP contribution in [0.1, 0.15) is 43.9 Å². The Kier molecular flexibility index (Phi) is 7.67. The van der Waals surface area contributed by atoms with Crippen molar-refractivity contribution in [2.45, 2.75) is 45.7 Å². The molecule has 0 bridgehead atoms. The van der Waals surface area contributed by atoms with Gasteiger partial charge in [-0.15, -0.1) is 0 Å². The minimum absolute atomic E-state index is 0.224. The molecule has 1 N–H and O–H groups in total. The summed E-state index contributed by atoms with van der Waals surface area (Å²) >= 11 is 0. The minimum Gasteiger partial charge on any atom is -0.496 e. The number of ether oxygens (including phenoxy) is 1. The molecule has 2 rings (SSSR count). The number of aryl methyl sites for hydroxylation is 1. The van der Waals surface area contributed by atoms with Gasteiger partial charge in [0.1, 0.15) is 11.8 Å². The van der Waals surface area contributed by atoms with E-state index in [1.54, 1.807) is 31.4 Å². The van der Waals surface area contributed by atoms with Gasteiger partial charge in [0.25, 0.3) is 0 Å². The fraction of sp³-hybridized carbons (Fsp3) is 0.409. The van der Waals surface area contributed by atoms with E-state index in [9.17, 15) is 13.2 Å². The number of rotatable bonds is 9. The molecule has 0 aliphatic rings. The van der Waals surface area contributed by atoms with E-state index in [-0.39, 0.29) is 11.9 Å². The summed E-state index contributed by atoms with van der Waals surface area (Å²) < 4.78 is 31.5. The number of methoxy groups -OCH3 is 1. The van der Waals surface area contributed by atoms with Crippen molar-refractivity contribution < 1.29 is 17.9 Å².